The van der Waals surface area contributed by atoms with Crippen LogP contribution in [-0.4, -0.2) is 71.1 Å². The van der Waals surface area contributed by atoms with Gasteiger partial charge in [0.2, 0.25) is 10.0 Å². The van der Waals surface area contributed by atoms with Gasteiger partial charge in [0, 0.05) is 30.7 Å². The predicted octanol–water partition coefficient (Wildman–Crippen LogP) is 1.94. The Morgan fingerprint density at radius 2 is 1.67 bits per heavy atom. The number of methoxy groups -OCH3 is 1. The molecule has 1 aliphatic heterocycles. The van der Waals surface area contributed by atoms with Gasteiger partial charge in [-0.1, -0.05) is 15.9 Å². The largest absolute Gasteiger partial charge is 0.497 e. The lowest BCUT2D eigenvalue weighted by molar-refractivity contribution is 0.177. The lowest BCUT2D eigenvalue weighted by Crippen LogP contribution is -2.48. The zero-order valence-electron chi connectivity index (χ0n) is 16.3. The molecule has 0 saturated carbocycles. The van der Waals surface area contributed by atoms with Crippen molar-refractivity contribution in [1.82, 2.24) is 29.4 Å². The normalized spacial score (nSPS) is 15.9. The Hall–Kier alpha value is -2.34. The van der Waals surface area contributed by atoms with E-state index in [1.807, 2.05) is 24.3 Å². The molecule has 0 atom stereocenters. The number of ether oxygens (including phenoxy) is 1. The highest BCUT2D eigenvalue weighted by Crippen LogP contribution is 2.21. The molecule has 0 radical (unpaired) electrons. The molecule has 3 aromatic rings. The van der Waals surface area contributed by atoms with Gasteiger partial charge in [0.25, 0.3) is 0 Å². The number of sulfonamides is 1. The molecule has 0 spiro atoms. The lowest BCUT2D eigenvalue weighted by Gasteiger charge is -2.33. The summed E-state index contributed by atoms with van der Waals surface area (Å²) in [5.41, 5.74) is 0.840. The van der Waals surface area contributed by atoms with Crippen molar-refractivity contribution >= 4 is 26.0 Å². The van der Waals surface area contributed by atoms with Crippen molar-refractivity contribution < 1.29 is 13.2 Å². The van der Waals surface area contributed by atoms with E-state index in [2.05, 4.69) is 36.4 Å². The summed E-state index contributed by atoms with van der Waals surface area (Å²) < 4.78 is 35.0. The molecule has 1 aliphatic rings. The van der Waals surface area contributed by atoms with Gasteiger partial charge in [0.1, 0.15) is 5.75 Å². The molecule has 9 nitrogen and oxygen atoms in total. The van der Waals surface area contributed by atoms with E-state index >= 15 is 0 Å². The topological polar surface area (TPSA) is 93.4 Å². The van der Waals surface area contributed by atoms with Crippen LogP contribution < -0.4 is 4.74 Å². The number of benzene rings is 2. The number of piperazine rings is 1. The maximum Gasteiger partial charge on any atom is 0.243 e. The van der Waals surface area contributed by atoms with Crippen molar-refractivity contribution in [2.24, 2.45) is 0 Å². The summed E-state index contributed by atoms with van der Waals surface area (Å²) in [5, 5.41) is 12.0. The first-order valence-corrected chi connectivity index (χ1v) is 11.6. The van der Waals surface area contributed by atoms with Gasteiger partial charge in [0.15, 0.2) is 5.82 Å². The lowest BCUT2D eigenvalue weighted by atomic mass is 10.3. The van der Waals surface area contributed by atoms with Crippen LogP contribution in [0.3, 0.4) is 0 Å². The molecule has 158 valence electrons. The highest BCUT2D eigenvalue weighted by Gasteiger charge is 2.29. The standard InChI is InChI=1S/C19H21BrN6O3S/c1-29-17-6-4-16(5-7-17)26-19(21-22-23-26)14-24-10-12-25(13-11-24)30(27,28)18-8-2-15(20)3-9-18/h2-9H,10-14H2,1H3. The number of aromatic nitrogens is 4. The van der Waals surface area contributed by atoms with E-state index in [1.54, 1.807) is 36.1 Å². The minimum absolute atomic E-state index is 0.308. The summed E-state index contributed by atoms with van der Waals surface area (Å²) in [7, 11) is -1.87. The Morgan fingerprint density at radius 1 is 1.00 bits per heavy atom. The highest BCUT2D eigenvalue weighted by atomic mass is 79.9. The third-order valence-corrected chi connectivity index (χ3v) is 7.44. The predicted molar refractivity (Wildman–Crippen MR) is 114 cm³/mol. The summed E-state index contributed by atoms with van der Waals surface area (Å²) in [6, 6.07) is 14.2. The molecule has 4 rings (SSSR count). The number of nitrogens with zero attached hydrogens (tertiary/aromatic N) is 6. The monoisotopic (exact) mass is 492 g/mol. The van der Waals surface area contributed by atoms with Crippen molar-refractivity contribution in [3.8, 4) is 11.4 Å². The van der Waals surface area contributed by atoms with Crippen LogP contribution in [0.5, 0.6) is 5.75 Å². The first kappa shape index (κ1) is 20.9. The molecule has 1 saturated heterocycles. The van der Waals surface area contributed by atoms with Crippen molar-refractivity contribution in [3.63, 3.8) is 0 Å². The van der Waals surface area contributed by atoms with Gasteiger partial charge in [-0.15, -0.1) is 5.10 Å². The van der Waals surface area contributed by atoms with Crippen LogP contribution in [0, 0.1) is 0 Å². The van der Waals surface area contributed by atoms with Crippen LogP contribution in [0.2, 0.25) is 0 Å². The van der Waals surface area contributed by atoms with Crippen LogP contribution >= 0.6 is 15.9 Å². The van der Waals surface area contributed by atoms with Crippen molar-refractivity contribution in [3.05, 3.63) is 58.8 Å². The number of tetrazole rings is 1. The fourth-order valence-corrected chi connectivity index (χ4v) is 5.00. The van der Waals surface area contributed by atoms with Crippen molar-refractivity contribution in [2.75, 3.05) is 33.3 Å². The van der Waals surface area contributed by atoms with E-state index in [0.717, 1.165) is 15.9 Å². The number of hydrogen-bond donors (Lipinski definition) is 0. The van der Waals surface area contributed by atoms with Gasteiger partial charge in [-0.25, -0.2) is 8.42 Å². The van der Waals surface area contributed by atoms with Crippen molar-refractivity contribution in [1.29, 1.82) is 0 Å². The minimum atomic E-state index is -3.49. The molecule has 0 N–H and O–H groups in total. The van der Waals surface area contributed by atoms with Gasteiger partial charge in [-0.2, -0.15) is 8.99 Å². The molecule has 1 aromatic heterocycles. The highest BCUT2D eigenvalue weighted by molar-refractivity contribution is 9.10. The fraction of sp³-hybridized carbons (Fsp3) is 0.316. The molecule has 0 unspecified atom stereocenters. The Labute approximate surface area is 183 Å². The number of hydrogen-bond acceptors (Lipinski definition) is 7. The number of halogens is 1. The first-order chi connectivity index (χ1) is 14.5. The molecule has 0 aliphatic carbocycles. The molecule has 11 heteroatoms. The second kappa shape index (κ2) is 8.80. The molecule has 2 heterocycles. The first-order valence-electron chi connectivity index (χ1n) is 9.37. The average Bonchev–Trinajstić information content (AvgIpc) is 3.22. The third kappa shape index (κ3) is 4.38. The minimum Gasteiger partial charge on any atom is -0.497 e. The molecule has 0 amide bonds. The van der Waals surface area contributed by atoms with Crippen LogP contribution in [0.15, 0.2) is 57.9 Å². The maximum absolute atomic E-state index is 12.9. The van der Waals surface area contributed by atoms with Gasteiger partial charge in [-0.05, 0) is 59.0 Å². The van der Waals surface area contributed by atoms with Crippen LogP contribution in [-0.2, 0) is 16.6 Å². The van der Waals surface area contributed by atoms with Gasteiger partial charge in [-0.3, -0.25) is 4.90 Å². The SMILES string of the molecule is COc1ccc(-n2nnnc2CN2CCN(S(=O)(=O)c3ccc(Br)cc3)CC2)cc1. The second-order valence-electron chi connectivity index (χ2n) is 6.84. The molecule has 2 aromatic carbocycles. The molecule has 30 heavy (non-hydrogen) atoms. The number of rotatable bonds is 6. The van der Waals surface area contributed by atoms with Crippen LogP contribution in [0.4, 0.5) is 0 Å². The molecule has 1 fully saturated rings. The molecular formula is C19H21BrN6O3S. The smallest absolute Gasteiger partial charge is 0.243 e. The Bertz CT molecular complexity index is 1090. The van der Waals surface area contributed by atoms with E-state index in [-0.39, 0.29) is 0 Å². The quantitative estimate of drug-likeness (QED) is 0.518. The zero-order chi connectivity index (χ0) is 21.1. The Kier molecular flexibility index (Phi) is 6.14. The maximum atomic E-state index is 12.9. The van der Waals surface area contributed by atoms with E-state index in [9.17, 15) is 8.42 Å². The Morgan fingerprint density at radius 3 is 2.30 bits per heavy atom. The fourth-order valence-electron chi connectivity index (χ4n) is 3.31. The summed E-state index contributed by atoms with van der Waals surface area (Å²) in [5.74, 6) is 1.46. The zero-order valence-corrected chi connectivity index (χ0v) is 18.8. The third-order valence-electron chi connectivity index (χ3n) is 5.00. The van der Waals surface area contributed by atoms with Gasteiger partial charge < -0.3 is 4.74 Å². The van der Waals surface area contributed by atoms with E-state index in [0.29, 0.717) is 43.4 Å². The summed E-state index contributed by atoms with van der Waals surface area (Å²) >= 11 is 3.33. The average molecular weight is 493 g/mol. The van der Waals surface area contributed by atoms with E-state index in [4.69, 9.17) is 4.74 Å². The molecule has 0 bridgehead atoms. The van der Waals surface area contributed by atoms with Gasteiger partial charge in [0.05, 0.1) is 24.2 Å². The second-order valence-corrected chi connectivity index (χ2v) is 9.69. The van der Waals surface area contributed by atoms with E-state index in [1.165, 1.54) is 4.31 Å². The summed E-state index contributed by atoms with van der Waals surface area (Å²) in [6.45, 7) is 2.58. The Balaban J connectivity index is 1.41. The summed E-state index contributed by atoms with van der Waals surface area (Å²) in [6.07, 6.45) is 0. The van der Waals surface area contributed by atoms with Crippen LogP contribution in [0.25, 0.3) is 5.69 Å². The van der Waals surface area contributed by atoms with Crippen LogP contribution in [0.1, 0.15) is 5.82 Å². The summed E-state index contributed by atoms with van der Waals surface area (Å²) in [4.78, 5) is 2.46. The van der Waals surface area contributed by atoms with E-state index < -0.39 is 10.0 Å². The van der Waals surface area contributed by atoms with Gasteiger partial charge >= 0.3 is 0 Å². The van der Waals surface area contributed by atoms with Crippen molar-refractivity contribution in [2.45, 2.75) is 11.4 Å². The molecular weight excluding hydrogens is 472 g/mol.